The van der Waals surface area contributed by atoms with Crippen LogP contribution in [0.25, 0.3) is 0 Å². The molecule has 0 aromatic rings. The highest BCUT2D eigenvalue weighted by Crippen LogP contribution is 2.27. The minimum absolute atomic E-state index is 0.462. The predicted octanol–water partition coefficient (Wildman–Crippen LogP) is 0.422. The lowest BCUT2D eigenvalue weighted by Gasteiger charge is -2.39. The molecular weight excluding hydrogens is 104 g/mol. The van der Waals surface area contributed by atoms with Gasteiger partial charge in [-0.25, -0.2) is 0 Å². The smallest absolute Gasteiger partial charge is 0.0859 e. The average molecular weight is 114 g/mol. The second kappa shape index (κ2) is 1.71. The molecule has 0 N–H and O–H groups in total. The van der Waals surface area contributed by atoms with Gasteiger partial charge in [-0.15, -0.1) is 0 Å². The van der Waals surface area contributed by atoms with Crippen LogP contribution in [0.1, 0.15) is 6.42 Å². The third-order valence-electron chi connectivity index (χ3n) is 1.97. The molecule has 0 aromatic heterocycles. The maximum absolute atomic E-state index is 5.21. The van der Waals surface area contributed by atoms with Crippen molar-refractivity contribution in [3.8, 4) is 0 Å². The van der Waals surface area contributed by atoms with Crippen molar-refractivity contribution in [3.63, 3.8) is 0 Å². The first-order chi connectivity index (χ1) is 3.97. The Morgan fingerprint density at radius 1 is 1.25 bits per heavy atom. The monoisotopic (exact) mass is 114 g/mol. The summed E-state index contributed by atoms with van der Waals surface area (Å²) in [6, 6.07) is 0. The van der Waals surface area contributed by atoms with Gasteiger partial charge in [0.15, 0.2) is 0 Å². The van der Waals surface area contributed by atoms with E-state index in [1.807, 2.05) is 0 Å². The van der Waals surface area contributed by atoms with Gasteiger partial charge in [0.05, 0.1) is 19.3 Å². The minimum atomic E-state index is 0.462. The summed E-state index contributed by atoms with van der Waals surface area (Å²) in [6.45, 7) is 2.77. The molecule has 2 atom stereocenters. The zero-order valence-corrected chi connectivity index (χ0v) is 4.80. The van der Waals surface area contributed by atoms with E-state index in [1.165, 1.54) is 6.42 Å². The molecule has 0 aromatic carbocycles. The molecule has 0 amide bonds. The van der Waals surface area contributed by atoms with Crippen LogP contribution in [0.4, 0.5) is 0 Å². The van der Waals surface area contributed by atoms with Crippen LogP contribution in [-0.2, 0) is 9.47 Å². The third-order valence-corrected chi connectivity index (χ3v) is 1.97. The summed E-state index contributed by atoms with van der Waals surface area (Å²) in [4.78, 5) is 0. The normalized spacial score (nSPS) is 45.0. The topological polar surface area (TPSA) is 18.5 Å². The van der Waals surface area contributed by atoms with E-state index in [9.17, 15) is 0 Å². The van der Waals surface area contributed by atoms with Gasteiger partial charge in [0, 0.05) is 12.5 Å². The van der Waals surface area contributed by atoms with Crippen LogP contribution in [0.5, 0.6) is 0 Å². The Hall–Kier alpha value is -0.0800. The van der Waals surface area contributed by atoms with Gasteiger partial charge >= 0.3 is 0 Å². The largest absolute Gasteiger partial charge is 0.379 e. The molecule has 2 heteroatoms. The molecule has 2 heterocycles. The highest BCUT2D eigenvalue weighted by atomic mass is 16.6. The van der Waals surface area contributed by atoms with Crippen molar-refractivity contribution in [3.05, 3.63) is 0 Å². The summed E-state index contributed by atoms with van der Waals surface area (Å²) in [6.07, 6.45) is 1.67. The van der Waals surface area contributed by atoms with Crippen LogP contribution in [-0.4, -0.2) is 25.9 Å². The number of hydrogen-bond acceptors (Lipinski definition) is 2. The first kappa shape index (κ1) is 4.77. The van der Waals surface area contributed by atoms with Crippen molar-refractivity contribution < 1.29 is 9.47 Å². The summed E-state index contributed by atoms with van der Waals surface area (Å²) in [7, 11) is 0. The second-order valence-corrected chi connectivity index (χ2v) is 2.50. The predicted molar refractivity (Wildman–Crippen MR) is 28.7 cm³/mol. The van der Waals surface area contributed by atoms with E-state index in [4.69, 9.17) is 9.47 Å². The molecule has 8 heavy (non-hydrogen) atoms. The highest BCUT2D eigenvalue weighted by Gasteiger charge is 2.34. The van der Waals surface area contributed by atoms with Gasteiger partial charge in [0.2, 0.25) is 0 Å². The first-order valence-electron chi connectivity index (χ1n) is 3.16. The van der Waals surface area contributed by atoms with Crippen LogP contribution in [0.2, 0.25) is 0 Å². The van der Waals surface area contributed by atoms with Gasteiger partial charge in [-0.2, -0.15) is 0 Å². The summed E-state index contributed by atoms with van der Waals surface area (Å²) in [5.41, 5.74) is 0. The number of hydrogen-bond donors (Lipinski definition) is 0. The Balaban J connectivity index is 1.92. The molecule has 0 aliphatic carbocycles. The summed E-state index contributed by atoms with van der Waals surface area (Å²) >= 11 is 0. The van der Waals surface area contributed by atoms with Crippen molar-refractivity contribution in [1.29, 1.82) is 0 Å². The SMILES string of the molecule is C1CC2COC2CO1. The molecule has 2 rings (SSSR count). The molecule has 2 aliphatic heterocycles. The Morgan fingerprint density at radius 3 is 2.62 bits per heavy atom. The lowest BCUT2D eigenvalue weighted by Crippen LogP contribution is -2.46. The van der Waals surface area contributed by atoms with Gasteiger partial charge < -0.3 is 9.47 Å². The van der Waals surface area contributed by atoms with E-state index in [-0.39, 0.29) is 0 Å². The van der Waals surface area contributed by atoms with E-state index in [0.29, 0.717) is 6.10 Å². The van der Waals surface area contributed by atoms with Crippen LogP contribution in [0.3, 0.4) is 0 Å². The van der Waals surface area contributed by atoms with Gasteiger partial charge in [-0.1, -0.05) is 0 Å². The Labute approximate surface area is 48.8 Å². The fraction of sp³-hybridized carbons (Fsp3) is 1.00. The summed E-state index contributed by atoms with van der Waals surface area (Å²) in [5, 5.41) is 0. The minimum Gasteiger partial charge on any atom is -0.379 e. The van der Waals surface area contributed by atoms with Gasteiger partial charge in [-0.3, -0.25) is 0 Å². The molecule has 0 bridgehead atoms. The molecule has 2 fully saturated rings. The Bertz CT molecular complexity index is 80.5. The fourth-order valence-corrected chi connectivity index (χ4v) is 1.26. The molecule has 0 radical (unpaired) electrons. The van der Waals surface area contributed by atoms with Crippen molar-refractivity contribution in [2.45, 2.75) is 12.5 Å². The summed E-state index contributed by atoms with van der Waals surface area (Å²) < 4.78 is 10.4. The van der Waals surface area contributed by atoms with E-state index >= 15 is 0 Å². The number of rotatable bonds is 0. The van der Waals surface area contributed by atoms with E-state index in [1.54, 1.807) is 0 Å². The molecule has 46 valence electrons. The summed E-state index contributed by atoms with van der Waals surface area (Å²) in [5.74, 6) is 0.837. The van der Waals surface area contributed by atoms with E-state index in [2.05, 4.69) is 0 Å². The van der Waals surface area contributed by atoms with Crippen LogP contribution in [0, 0.1) is 5.92 Å². The maximum Gasteiger partial charge on any atom is 0.0859 e. The molecular formula is C6H10O2. The molecule has 2 nitrogen and oxygen atoms in total. The Morgan fingerprint density at radius 2 is 2.25 bits per heavy atom. The fourth-order valence-electron chi connectivity index (χ4n) is 1.26. The van der Waals surface area contributed by atoms with Gasteiger partial charge in [0.25, 0.3) is 0 Å². The van der Waals surface area contributed by atoms with E-state index in [0.717, 1.165) is 25.7 Å². The molecule has 2 aliphatic rings. The van der Waals surface area contributed by atoms with Gasteiger partial charge in [-0.05, 0) is 6.42 Å². The second-order valence-electron chi connectivity index (χ2n) is 2.50. The standard InChI is InChI=1S/C6H10O2/c1-2-7-4-6-5(1)3-8-6/h5-6H,1-4H2. The molecule has 2 unspecified atom stereocenters. The number of fused-ring (bicyclic) bond motifs is 1. The Kier molecular flexibility index (Phi) is 1.02. The van der Waals surface area contributed by atoms with Crippen LogP contribution in [0.15, 0.2) is 0 Å². The van der Waals surface area contributed by atoms with E-state index < -0.39 is 0 Å². The maximum atomic E-state index is 5.21. The van der Waals surface area contributed by atoms with Crippen LogP contribution >= 0.6 is 0 Å². The first-order valence-corrected chi connectivity index (χ1v) is 3.16. The van der Waals surface area contributed by atoms with Crippen molar-refractivity contribution in [1.82, 2.24) is 0 Å². The molecule has 0 spiro atoms. The van der Waals surface area contributed by atoms with Crippen molar-refractivity contribution >= 4 is 0 Å². The van der Waals surface area contributed by atoms with Gasteiger partial charge in [0.1, 0.15) is 0 Å². The average Bonchev–Trinajstić information content (AvgIpc) is 1.72. The quantitative estimate of drug-likeness (QED) is 0.454. The molecule has 0 saturated carbocycles. The third kappa shape index (κ3) is 0.565. The highest BCUT2D eigenvalue weighted by molar-refractivity contribution is 4.80. The lowest BCUT2D eigenvalue weighted by molar-refractivity contribution is -0.179. The van der Waals surface area contributed by atoms with Crippen molar-refractivity contribution in [2.24, 2.45) is 5.92 Å². The lowest BCUT2D eigenvalue weighted by atomic mass is 9.94. The zero-order chi connectivity index (χ0) is 5.40. The molecule has 2 saturated heterocycles. The zero-order valence-electron chi connectivity index (χ0n) is 4.80. The number of ether oxygens (including phenoxy) is 2. The van der Waals surface area contributed by atoms with Crippen LogP contribution < -0.4 is 0 Å². The van der Waals surface area contributed by atoms with Crippen molar-refractivity contribution in [2.75, 3.05) is 19.8 Å².